The van der Waals surface area contributed by atoms with Gasteiger partial charge in [0, 0.05) is 5.69 Å². The van der Waals surface area contributed by atoms with Gasteiger partial charge in [0.25, 0.3) is 11.5 Å². The maximum atomic E-state index is 12.0. The number of nitrogens with zero attached hydrogens (tertiary/aromatic N) is 2. The van der Waals surface area contributed by atoms with Crippen LogP contribution in [0.25, 0.3) is 0 Å². The highest BCUT2D eigenvalue weighted by atomic mass is 32.2. The molecule has 0 saturated carbocycles. The number of aromatic nitrogens is 2. The summed E-state index contributed by atoms with van der Waals surface area (Å²) in [5.41, 5.74) is 0.385. The van der Waals surface area contributed by atoms with Gasteiger partial charge in [-0.1, -0.05) is 0 Å². The lowest BCUT2D eigenvalue weighted by atomic mass is 10.5. The summed E-state index contributed by atoms with van der Waals surface area (Å²) in [6.45, 7) is 1.53. The van der Waals surface area contributed by atoms with Crippen LogP contribution in [-0.2, 0) is 0 Å². The fourth-order valence-electron chi connectivity index (χ4n) is 0.797. The summed E-state index contributed by atoms with van der Waals surface area (Å²) >= 11 is 0.351. The molecule has 1 heterocycles. The minimum absolute atomic E-state index is 0.000602. The van der Waals surface area contributed by atoms with Gasteiger partial charge < -0.3 is 0 Å². The summed E-state index contributed by atoms with van der Waals surface area (Å²) in [5.74, 6) is -5.28. The summed E-state index contributed by atoms with van der Waals surface area (Å²) in [6, 6.07) is 1.33. The smallest absolute Gasteiger partial charge is 0.228 e. The van der Waals surface area contributed by atoms with Crippen LogP contribution in [0.4, 0.5) is 17.6 Å². The number of hydrogen-bond acceptors (Lipinski definition) is 4. The Morgan fingerprint density at radius 1 is 1.07 bits per heavy atom. The molecular formula is C7H6F4N2S2. The summed E-state index contributed by atoms with van der Waals surface area (Å²) in [7, 11) is 0. The van der Waals surface area contributed by atoms with Gasteiger partial charge in [-0.3, -0.25) is 0 Å². The van der Waals surface area contributed by atoms with Crippen LogP contribution in [0, 0.1) is 6.92 Å². The average molecular weight is 258 g/mol. The molecule has 0 aromatic carbocycles. The number of alkyl halides is 4. The van der Waals surface area contributed by atoms with Crippen molar-refractivity contribution in [2.24, 2.45) is 0 Å². The number of halogens is 4. The number of aryl methyl sites for hydroxylation is 1. The van der Waals surface area contributed by atoms with Gasteiger partial charge in [-0.25, -0.2) is 9.97 Å². The monoisotopic (exact) mass is 258 g/mol. The van der Waals surface area contributed by atoms with Crippen LogP contribution < -0.4 is 0 Å². The molecule has 15 heavy (non-hydrogen) atoms. The average Bonchev–Trinajstić information content (AvgIpc) is 1.98. The molecule has 0 unspecified atom stereocenters. The minimum atomic E-state index is -2.66. The Morgan fingerprint density at radius 2 is 1.67 bits per heavy atom. The molecule has 1 aromatic heterocycles. The summed E-state index contributed by atoms with van der Waals surface area (Å²) in [5, 5.41) is -0.186. The molecule has 0 aliphatic carbocycles. The van der Waals surface area contributed by atoms with Crippen molar-refractivity contribution in [3.05, 3.63) is 11.8 Å². The Balaban J connectivity index is 2.84. The van der Waals surface area contributed by atoms with E-state index in [0.29, 0.717) is 5.69 Å². The fourth-order valence-corrected chi connectivity index (χ4v) is 1.92. The molecule has 8 heteroatoms. The van der Waals surface area contributed by atoms with Crippen LogP contribution in [0.2, 0.25) is 0 Å². The van der Waals surface area contributed by atoms with Crippen LogP contribution in [0.3, 0.4) is 0 Å². The van der Waals surface area contributed by atoms with Gasteiger partial charge in [-0.2, -0.15) is 17.6 Å². The molecular weight excluding hydrogens is 252 g/mol. The van der Waals surface area contributed by atoms with Crippen LogP contribution in [0.5, 0.6) is 0 Å². The lowest BCUT2D eigenvalue weighted by molar-refractivity contribution is 0.251. The predicted molar refractivity (Wildman–Crippen MR) is 50.5 cm³/mol. The van der Waals surface area contributed by atoms with Crippen molar-refractivity contribution < 1.29 is 17.6 Å². The van der Waals surface area contributed by atoms with Gasteiger partial charge in [-0.05, 0) is 36.5 Å². The minimum Gasteiger partial charge on any atom is -0.228 e. The van der Waals surface area contributed by atoms with E-state index in [1.807, 2.05) is 0 Å². The molecule has 0 radical (unpaired) electrons. The third-order valence-electron chi connectivity index (χ3n) is 1.21. The van der Waals surface area contributed by atoms with Crippen molar-refractivity contribution >= 4 is 23.5 Å². The Labute approximate surface area is 91.9 Å². The zero-order valence-corrected chi connectivity index (χ0v) is 9.09. The molecule has 0 bridgehead atoms. The fraction of sp³-hybridized carbons (Fsp3) is 0.429. The quantitative estimate of drug-likeness (QED) is 0.358. The van der Waals surface area contributed by atoms with E-state index in [1.165, 1.54) is 13.0 Å². The first kappa shape index (κ1) is 12.6. The van der Waals surface area contributed by atoms with Gasteiger partial charge in [0.2, 0.25) is 0 Å². The van der Waals surface area contributed by atoms with Crippen LogP contribution in [0.1, 0.15) is 5.69 Å². The second kappa shape index (κ2) is 5.55. The lowest BCUT2D eigenvalue weighted by Crippen LogP contribution is -1.96. The number of hydrogen-bond donors (Lipinski definition) is 0. The molecule has 0 fully saturated rings. The van der Waals surface area contributed by atoms with Crippen molar-refractivity contribution in [2.75, 3.05) is 0 Å². The molecule has 0 aliphatic heterocycles. The van der Waals surface area contributed by atoms with Crippen LogP contribution in [-0.4, -0.2) is 21.5 Å². The van der Waals surface area contributed by atoms with Crippen molar-refractivity contribution in [1.29, 1.82) is 0 Å². The van der Waals surface area contributed by atoms with E-state index in [4.69, 9.17) is 0 Å². The first-order valence-electron chi connectivity index (χ1n) is 3.72. The first-order chi connectivity index (χ1) is 6.97. The van der Waals surface area contributed by atoms with Crippen LogP contribution >= 0.6 is 23.5 Å². The maximum Gasteiger partial charge on any atom is 0.291 e. The molecule has 0 amide bonds. The Morgan fingerprint density at radius 3 is 2.20 bits per heavy atom. The van der Waals surface area contributed by atoms with E-state index >= 15 is 0 Å². The molecule has 0 aliphatic rings. The molecule has 1 rings (SSSR count). The largest absolute Gasteiger partial charge is 0.291 e. The highest BCUT2D eigenvalue weighted by molar-refractivity contribution is 8.00. The normalized spacial score (nSPS) is 11.4. The highest BCUT2D eigenvalue weighted by Gasteiger charge is 2.12. The summed E-state index contributed by atoms with van der Waals surface area (Å²) in [6.07, 6.45) is 0. The van der Waals surface area contributed by atoms with Crippen molar-refractivity contribution in [1.82, 2.24) is 9.97 Å². The highest BCUT2D eigenvalue weighted by Crippen LogP contribution is 2.27. The number of thioether (sulfide) groups is 2. The van der Waals surface area contributed by atoms with Gasteiger partial charge >= 0.3 is 0 Å². The van der Waals surface area contributed by atoms with Crippen LogP contribution in [0.15, 0.2) is 16.2 Å². The van der Waals surface area contributed by atoms with Gasteiger partial charge in [0.1, 0.15) is 5.03 Å². The van der Waals surface area contributed by atoms with Gasteiger partial charge in [-0.15, -0.1) is 0 Å². The van der Waals surface area contributed by atoms with E-state index in [0.717, 1.165) is 0 Å². The van der Waals surface area contributed by atoms with E-state index in [1.54, 1.807) is 0 Å². The van der Waals surface area contributed by atoms with Crippen molar-refractivity contribution in [3.8, 4) is 0 Å². The topological polar surface area (TPSA) is 25.8 Å². The second-order valence-corrected chi connectivity index (χ2v) is 4.35. The SMILES string of the molecule is Cc1cc(SC(F)F)nc(SC(F)F)n1. The summed E-state index contributed by atoms with van der Waals surface area (Å²) < 4.78 is 47.9. The molecule has 0 saturated heterocycles. The molecule has 0 atom stereocenters. The van der Waals surface area contributed by atoms with E-state index in [9.17, 15) is 17.6 Å². The van der Waals surface area contributed by atoms with Crippen molar-refractivity contribution in [2.45, 2.75) is 28.6 Å². The lowest BCUT2D eigenvalue weighted by Gasteiger charge is -2.03. The molecule has 84 valence electrons. The maximum absolute atomic E-state index is 12.0. The van der Waals surface area contributed by atoms with E-state index < -0.39 is 11.5 Å². The zero-order chi connectivity index (χ0) is 11.4. The number of rotatable bonds is 4. The Hall–Kier alpha value is -0.500. The molecule has 0 N–H and O–H groups in total. The Bertz CT molecular complexity index is 307. The van der Waals surface area contributed by atoms with Gasteiger partial charge in [0.15, 0.2) is 5.16 Å². The first-order valence-corrected chi connectivity index (χ1v) is 5.48. The molecule has 1 aromatic rings. The molecule has 0 spiro atoms. The molecule has 2 nitrogen and oxygen atoms in total. The third kappa shape index (κ3) is 4.70. The van der Waals surface area contributed by atoms with Crippen molar-refractivity contribution in [3.63, 3.8) is 0 Å². The Kier molecular flexibility index (Phi) is 4.65. The summed E-state index contributed by atoms with van der Waals surface area (Å²) in [4.78, 5) is 7.26. The second-order valence-electron chi connectivity index (χ2n) is 2.39. The van der Waals surface area contributed by atoms with E-state index in [-0.39, 0.29) is 33.7 Å². The van der Waals surface area contributed by atoms with Gasteiger partial charge in [0.05, 0.1) is 0 Å². The standard InChI is InChI=1S/C7H6F4N2S2/c1-3-2-4(14-5(8)9)13-7(12-3)15-6(10)11/h2,5-6H,1H3. The third-order valence-corrected chi connectivity index (χ3v) is 2.41. The predicted octanol–water partition coefficient (Wildman–Crippen LogP) is 3.41. The van der Waals surface area contributed by atoms with E-state index in [2.05, 4.69) is 9.97 Å². The zero-order valence-electron chi connectivity index (χ0n) is 7.45.